The van der Waals surface area contributed by atoms with Gasteiger partial charge < -0.3 is 30.7 Å². The Morgan fingerprint density at radius 3 is 1.85 bits per heavy atom. The molecule has 2 atom stereocenters. The van der Waals surface area contributed by atoms with Crippen molar-refractivity contribution < 1.29 is 19.1 Å². The average molecular weight is 885 g/mol. The fourth-order valence-corrected chi connectivity index (χ4v) is 11.5. The van der Waals surface area contributed by atoms with Crippen LogP contribution in [0.5, 0.6) is 11.5 Å². The number of nitrogens with two attached hydrogens (primary N) is 2. The molecule has 2 amide bonds. The fraction of sp³-hybridized carbons (Fsp3) is 0.244. The number of amides is 2. The number of methoxy groups -OCH3 is 2. The van der Waals surface area contributed by atoms with Gasteiger partial charge in [0.05, 0.1) is 23.6 Å². The van der Waals surface area contributed by atoms with Crippen molar-refractivity contribution in [2.75, 3.05) is 51.9 Å². The van der Waals surface area contributed by atoms with Gasteiger partial charge in [-0.15, -0.1) is 22.7 Å². The number of anilines is 2. The number of likely N-dealkylation sites (tertiary alicyclic amines) is 2. The van der Waals surface area contributed by atoms with Gasteiger partial charge in [-0.1, -0.05) is 24.3 Å². The molecule has 2 aromatic carbocycles. The Labute approximate surface area is 368 Å². The molecule has 8 heterocycles. The van der Waals surface area contributed by atoms with E-state index in [1.807, 2.05) is 43.1 Å². The highest BCUT2D eigenvalue weighted by Crippen LogP contribution is 2.46. The zero-order valence-electron chi connectivity index (χ0n) is 33.9. The van der Waals surface area contributed by atoms with Crippen molar-refractivity contribution in [2.45, 2.75) is 31.1 Å². The number of allylic oxidation sites excluding steroid dienone is 1. The predicted octanol–water partition coefficient (Wildman–Crippen LogP) is 7.99. The van der Waals surface area contributed by atoms with Crippen LogP contribution in [0.25, 0.3) is 52.1 Å². The number of hydrogen-bond acceptors (Lipinski definition) is 12. The van der Waals surface area contributed by atoms with Gasteiger partial charge in [-0.25, -0.2) is 19.0 Å². The molecule has 62 heavy (non-hydrogen) atoms. The molecule has 2 aliphatic rings. The van der Waals surface area contributed by atoms with Gasteiger partial charge in [-0.3, -0.25) is 9.59 Å². The molecule has 0 saturated carbocycles. The second-order valence-corrected chi connectivity index (χ2v) is 18.1. The smallest absolute Gasteiger partial charge is 0.246 e. The van der Waals surface area contributed by atoms with Crippen molar-refractivity contribution >= 4 is 88.9 Å². The van der Waals surface area contributed by atoms with Crippen molar-refractivity contribution in [1.82, 2.24) is 39.0 Å². The first-order valence-corrected chi connectivity index (χ1v) is 22.1. The van der Waals surface area contributed by atoms with Gasteiger partial charge in [-0.05, 0) is 90.2 Å². The highest BCUT2D eigenvalue weighted by atomic mass is 35.5. The zero-order chi connectivity index (χ0) is 42.8. The Balaban J connectivity index is 0.874. The summed E-state index contributed by atoms with van der Waals surface area (Å²) in [4.78, 5) is 40.3. The summed E-state index contributed by atoms with van der Waals surface area (Å²) in [6, 6.07) is 16.4. The van der Waals surface area contributed by atoms with E-state index in [4.69, 9.17) is 32.5 Å². The normalized spacial score (nSPS) is 16.8. The van der Waals surface area contributed by atoms with E-state index in [0.717, 1.165) is 87.6 Å². The first-order valence-electron chi connectivity index (χ1n) is 20.1. The van der Waals surface area contributed by atoms with Gasteiger partial charge in [0.1, 0.15) is 35.2 Å². The number of hydrogen-bond donors (Lipinski definition) is 2. The van der Waals surface area contributed by atoms with Crippen molar-refractivity contribution in [3.05, 3.63) is 108 Å². The lowest BCUT2D eigenvalue weighted by Crippen LogP contribution is -2.26. The summed E-state index contributed by atoms with van der Waals surface area (Å²) >= 11 is 9.61. The molecule has 0 spiro atoms. The van der Waals surface area contributed by atoms with Crippen LogP contribution in [0, 0.1) is 0 Å². The van der Waals surface area contributed by atoms with E-state index >= 15 is 0 Å². The minimum absolute atomic E-state index is 0.0440. The molecule has 6 aromatic heterocycles. The van der Waals surface area contributed by atoms with E-state index < -0.39 is 0 Å². The summed E-state index contributed by atoms with van der Waals surface area (Å²) in [7, 11) is 3.31. The summed E-state index contributed by atoms with van der Waals surface area (Å²) in [5.41, 5.74) is 19.3. The maximum absolute atomic E-state index is 13.6. The molecule has 0 bridgehead atoms. The van der Waals surface area contributed by atoms with E-state index in [-0.39, 0.29) is 23.7 Å². The second kappa shape index (κ2) is 15.8. The number of fused-ring (bicyclic) bond motifs is 4. The molecule has 14 nitrogen and oxygen atoms in total. The van der Waals surface area contributed by atoms with E-state index in [0.29, 0.717) is 55.0 Å². The molecule has 0 radical (unpaired) electrons. The summed E-state index contributed by atoms with van der Waals surface area (Å²) in [5.74, 6) is 2.25. The van der Waals surface area contributed by atoms with Crippen LogP contribution < -0.4 is 20.9 Å². The number of aromatic nitrogens is 6. The van der Waals surface area contributed by atoms with Crippen LogP contribution in [0.2, 0.25) is 5.02 Å². The third kappa shape index (κ3) is 6.78. The first-order chi connectivity index (χ1) is 30.1. The Kier molecular flexibility index (Phi) is 10.1. The highest BCUT2D eigenvalue weighted by Gasteiger charge is 2.32. The maximum Gasteiger partial charge on any atom is 0.246 e. The van der Waals surface area contributed by atoms with Crippen LogP contribution in [-0.2, 0) is 16.0 Å². The molecule has 0 aliphatic carbocycles. The van der Waals surface area contributed by atoms with Gasteiger partial charge in [0.15, 0.2) is 11.6 Å². The van der Waals surface area contributed by atoms with Gasteiger partial charge in [0, 0.05) is 81.4 Å². The molecule has 4 N–H and O–H groups in total. The van der Waals surface area contributed by atoms with Crippen LogP contribution in [-0.4, -0.2) is 91.2 Å². The number of benzene rings is 2. The van der Waals surface area contributed by atoms with E-state index in [9.17, 15) is 9.59 Å². The van der Waals surface area contributed by atoms with Crippen molar-refractivity contribution in [2.24, 2.45) is 0 Å². The number of rotatable bonds is 10. The summed E-state index contributed by atoms with van der Waals surface area (Å²) in [6.07, 6.45) is 10.0. The summed E-state index contributed by atoms with van der Waals surface area (Å²) < 4.78 is 17.3. The fourth-order valence-electron chi connectivity index (χ4n) is 9.03. The Bertz CT molecular complexity index is 3150. The molecule has 8 aromatic rings. The van der Waals surface area contributed by atoms with Crippen LogP contribution in [0.4, 0.5) is 11.6 Å². The Morgan fingerprint density at radius 2 is 1.31 bits per heavy atom. The van der Waals surface area contributed by atoms with Crippen LogP contribution in [0.1, 0.15) is 41.6 Å². The van der Waals surface area contributed by atoms with Gasteiger partial charge in [0.2, 0.25) is 11.8 Å². The molecule has 17 heteroatoms. The minimum Gasteiger partial charge on any atom is -0.495 e. The number of thiophene rings is 2. The Morgan fingerprint density at radius 1 is 0.774 bits per heavy atom. The third-order valence-electron chi connectivity index (χ3n) is 12.0. The standard InChI is InChI=1S/C45H41ClN10O4S2/c1-4-38(57)53-10-8-25(20-53)32-18-30(40-44(47)49-22-51-55(32)40)36-15-27-12-24(13-34(59-2)42(27)61-36)6-5-7-39(58)54-11-9-26(21-54)33-19-31(41-45(48)50-23-52-56(33)41)37-16-28-14-29(46)17-35(60-3)43(28)62-37/h4-5,7,12-19,22-23,25-26H,1,6,8-11,20-21H2,2-3H3,(H2,47,49,51)(H2,48,50,52)/b7-5+/t25-,26+/m0/s1. The molecule has 2 aliphatic heterocycles. The lowest BCUT2D eigenvalue weighted by atomic mass is 10.0. The summed E-state index contributed by atoms with van der Waals surface area (Å²) in [6.45, 7) is 6.05. The largest absolute Gasteiger partial charge is 0.495 e. The molecule has 2 saturated heterocycles. The number of carbonyl (C=O) groups excluding carboxylic acids is 2. The van der Waals surface area contributed by atoms with Crippen LogP contribution >= 0.6 is 34.3 Å². The molecular weight excluding hydrogens is 844 g/mol. The quantitative estimate of drug-likeness (QED) is 0.128. The monoisotopic (exact) mass is 884 g/mol. The molecular formula is C45H41ClN10O4S2. The minimum atomic E-state index is -0.0739. The van der Waals surface area contributed by atoms with E-state index in [2.05, 4.69) is 57.1 Å². The van der Waals surface area contributed by atoms with Crippen LogP contribution in [0.3, 0.4) is 0 Å². The third-order valence-corrected chi connectivity index (χ3v) is 14.6. The SMILES string of the molecule is C=CC(=O)N1CC[C@H](c2cc(-c3cc4cc(C/C=C/C(=O)N5CC[C@@H](c6cc(-c7cc8cc(Cl)cc(OC)c8s7)c7c(N)ncnn67)C5)cc(OC)c4s3)c3c(N)ncnn23)C1. The molecule has 2 fully saturated rings. The van der Waals surface area contributed by atoms with Gasteiger partial charge in [0.25, 0.3) is 0 Å². The maximum atomic E-state index is 13.6. The number of nitrogen functional groups attached to an aromatic ring is 2. The number of halogens is 1. The van der Waals surface area contributed by atoms with Gasteiger partial charge >= 0.3 is 0 Å². The van der Waals surface area contributed by atoms with Crippen molar-refractivity contribution in [3.8, 4) is 32.4 Å². The average Bonchev–Trinajstić information content (AvgIpc) is 4.13. The highest BCUT2D eigenvalue weighted by molar-refractivity contribution is 7.23. The van der Waals surface area contributed by atoms with Crippen molar-refractivity contribution in [3.63, 3.8) is 0 Å². The Hall–Kier alpha value is -6.49. The predicted molar refractivity (Wildman–Crippen MR) is 245 cm³/mol. The number of nitrogens with zero attached hydrogens (tertiary/aromatic N) is 8. The number of carbonyl (C=O) groups is 2. The summed E-state index contributed by atoms with van der Waals surface area (Å²) in [5, 5.41) is 11.8. The second-order valence-electron chi connectivity index (χ2n) is 15.6. The van der Waals surface area contributed by atoms with E-state index in [1.54, 1.807) is 43.0 Å². The lowest BCUT2D eigenvalue weighted by molar-refractivity contribution is -0.125. The molecule has 10 rings (SSSR count). The van der Waals surface area contributed by atoms with Gasteiger partial charge in [-0.2, -0.15) is 10.2 Å². The number of ether oxygens (including phenoxy) is 2. The van der Waals surface area contributed by atoms with Crippen molar-refractivity contribution in [1.29, 1.82) is 0 Å². The lowest BCUT2D eigenvalue weighted by Gasteiger charge is -2.14. The van der Waals surface area contributed by atoms with Crippen LogP contribution in [0.15, 0.2) is 86.0 Å². The molecule has 314 valence electrons. The molecule has 0 unspecified atom stereocenters. The first kappa shape index (κ1) is 39.6. The topological polar surface area (TPSA) is 171 Å². The zero-order valence-corrected chi connectivity index (χ0v) is 36.3. The van der Waals surface area contributed by atoms with E-state index in [1.165, 1.54) is 18.7 Å².